The van der Waals surface area contributed by atoms with Crippen molar-refractivity contribution in [1.82, 2.24) is 4.31 Å². The van der Waals surface area contributed by atoms with Crippen molar-refractivity contribution in [3.8, 4) is 0 Å². The molecular weight excluding hydrogens is 510 g/mol. The van der Waals surface area contributed by atoms with E-state index >= 15 is 0 Å². The van der Waals surface area contributed by atoms with Gasteiger partial charge in [0.05, 0.1) is 16.3 Å². The first-order valence-electron chi connectivity index (χ1n) is 12.1. The van der Waals surface area contributed by atoms with Crippen molar-refractivity contribution in [3.05, 3.63) is 89.5 Å². The number of piperidine rings is 1. The van der Waals surface area contributed by atoms with E-state index in [0.717, 1.165) is 16.7 Å². The molecule has 0 saturated carbocycles. The number of carbonyl (C=O) groups is 1. The average Bonchev–Trinajstić information content (AvgIpc) is 2.85. The number of hydrogen-bond acceptors (Lipinski definition) is 5. The van der Waals surface area contributed by atoms with Gasteiger partial charge in [-0.3, -0.25) is 9.52 Å². The van der Waals surface area contributed by atoms with Crippen molar-refractivity contribution < 1.29 is 21.6 Å². The lowest BCUT2D eigenvalue weighted by atomic mass is 9.97. The van der Waals surface area contributed by atoms with Crippen LogP contribution in [0, 0.1) is 19.8 Å². The summed E-state index contributed by atoms with van der Waals surface area (Å²) in [5, 5.41) is 2.83. The van der Waals surface area contributed by atoms with Crippen LogP contribution in [0.25, 0.3) is 0 Å². The van der Waals surface area contributed by atoms with Crippen LogP contribution in [-0.4, -0.2) is 40.1 Å². The van der Waals surface area contributed by atoms with Crippen LogP contribution in [-0.2, 0) is 30.6 Å². The van der Waals surface area contributed by atoms with Gasteiger partial charge in [-0.05, 0) is 68.1 Å². The highest BCUT2D eigenvalue weighted by Gasteiger charge is 2.31. The maximum atomic E-state index is 12.9. The lowest BCUT2D eigenvalue weighted by Crippen LogP contribution is -2.41. The molecule has 1 heterocycles. The molecule has 1 aliphatic rings. The fourth-order valence-electron chi connectivity index (χ4n) is 4.35. The lowest BCUT2D eigenvalue weighted by Gasteiger charge is -2.30. The van der Waals surface area contributed by atoms with Gasteiger partial charge in [-0.15, -0.1) is 0 Å². The molecule has 196 valence electrons. The highest BCUT2D eigenvalue weighted by atomic mass is 32.2. The molecule has 0 aliphatic carbocycles. The van der Waals surface area contributed by atoms with Crippen LogP contribution in [0.2, 0.25) is 0 Å². The van der Waals surface area contributed by atoms with E-state index in [4.69, 9.17) is 0 Å². The van der Waals surface area contributed by atoms with Crippen molar-refractivity contribution in [1.29, 1.82) is 0 Å². The Morgan fingerprint density at radius 2 is 1.57 bits per heavy atom. The molecule has 0 radical (unpaired) electrons. The fraction of sp³-hybridized carbons (Fsp3) is 0.296. The summed E-state index contributed by atoms with van der Waals surface area (Å²) in [6, 6.07) is 20.5. The topological polar surface area (TPSA) is 113 Å². The van der Waals surface area contributed by atoms with E-state index in [2.05, 4.69) is 10.0 Å². The molecule has 0 spiro atoms. The number of para-hydroxylation sites is 1. The van der Waals surface area contributed by atoms with Crippen molar-refractivity contribution in [2.75, 3.05) is 23.1 Å². The number of hydrogen-bond donors (Lipinski definition) is 2. The van der Waals surface area contributed by atoms with Crippen LogP contribution in [0.3, 0.4) is 0 Å². The molecule has 8 nitrogen and oxygen atoms in total. The number of nitrogens with one attached hydrogen (secondary N) is 2. The number of sulfonamides is 2. The zero-order valence-electron chi connectivity index (χ0n) is 20.8. The molecule has 3 aromatic carbocycles. The van der Waals surface area contributed by atoms with Crippen molar-refractivity contribution in [2.24, 2.45) is 5.92 Å². The van der Waals surface area contributed by atoms with Gasteiger partial charge < -0.3 is 5.32 Å². The molecule has 3 aromatic rings. The van der Waals surface area contributed by atoms with Crippen LogP contribution < -0.4 is 10.0 Å². The van der Waals surface area contributed by atoms with Crippen molar-refractivity contribution in [3.63, 3.8) is 0 Å². The largest absolute Gasteiger partial charge is 0.326 e. The van der Waals surface area contributed by atoms with Crippen LogP contribution in [0.5, 0.6) is 0 Å². The summed E-state index contributed by atoms with van der Waals surface area (Å²) in [6.07, 6.45) is 0.845. The van der Waals surface area contributed by atoms with E-state index in [-0.39, 0.29) is 35.6 Å². The average molecular weight is 542 g/mol. The first-order valence-corrected chi connectivity index (χ1v) is 15.2. The van der Waals surface area contributed by atoms with Gasteiger partial charge >= 0.3 is 0 Å². The summed E-state index contributed by atoms with van der Waals surface area (Å²) in [5.41, 5.74) is 3.56. The molecule has 4 rings (SSSR count). The Morgan fingerprint density at radius 3 is 2.22 bits per heavy atom. The third-order valence-corrected chi connectivity index (χ3v) is 9.70. The number of anilines is 2. The Labute approximate surface area is 218 Å². The maximum absolute atomic E-state index is 12.9. The molecule has 2 N–H and O–H groups in total. The zero-order chi connectivity index (χ0) is 26.6. The van der Waals surface area contributed by atoms with E-state index in [9.17, 15) is 21.6 Å². The molecule has 0 atom stereocenters. The standard InChI is InChI=1S/C27H31N3O5S2/c1-20-6-5-8-22(18-20)19-36(32,33)30-16-14-23(15-17-30)27(31)28-24-10-12-25(13-11-24)37(34,35)29-26-9-4-3-7-21(26)2/h3-13,18,23,29H,14-17,19H2,1-2H3,(H,28,31). The van der Waals surface area contributed by atoms with Crippen LogP contribution >= 0.6 is 0 Å². The van der Waals surface area contributed by atoms with E-state index < -0.39 is 20.0 Å². The fourth-order valence-corrected chi connectivity index (χ4v) is 7.03. The molecule has 1 saturated heterocycles. The molecule has 10 heteroatoms. The lowest BCUT2D eigenvalue weighted by molar-refractivity contribution is -0.120. The molecular formula is C27H31N3O5S2. The molecule has 1 amide bonds. The number of rotatable bonds is 8. The Bertz CT molecular complexity index is 1480. The highest BCUT2D eigenvalue weighted by molar-refractivity contribution is 7.92. The Morgan fingerprint density at radius 1 is 0.892 bits per heavy atom. The smallest absolute Gasteiger partial charge is 0.261 e. The van der Waals surface area contributed by atoms with Gasteiger partial charge in [0, 0.05) is 24.7 Å². The van der Waals surface area contributed by atoms with E-state index in [1.54, 1.807) is 30.3 Å². The number of amides is 1. The van der Waals surface area contributed by atoms with E-state index in [0.29, 0.717) is 24.2 Å². The van der Waals surface area contributed by atoms with Crippen LogP contribution in [0.1, 0.15) is 29.5 Å². The minimum absolute atomic E-state index is 0.0561. The zero-order valence-corrected chi connectivity index (χ0v) is 22.5. The molecule has 0 bridgehead atoms. The summed E-state index contributed by atoms with van der Waals surface area (Å²) in [6.45, 7) is 4.32. The van der Waals surface area contributed by atoms with E-state index in [1.165, 1.54) is 16.4 Å². The predicted octanol–water partition coefficient (Wildman–Crippen LogP) is 4.28. The highest BCUT2D eigenvalue weighted by Crippen LogP contribution is 2.25. The van der Waals surface area contributed by atoms with E-state index in [1.807, 2.05) is 44.2 Å². The second kappa shape index (κ2) is 11.0. The first-order chi connectivity index (χ1) is 17.5. The third-order valence-electron chi connectivity index (χ3n) is 6.47. The summed E-state index contributed by atoms with van der Waals surface area (Å²) in [4.78, 5) is 12.9. The first kappa shape index (κ1) is 26.8. The Balaban J connectivity index is 1.32. The predicted molar refractivity (Wildman–Crippen MR) is 145 cm³/mol. The second-order valence-electron chi connectivity index (χ2n) is 9.35. The number of aryl methyl sites for hydroxylation is 2. The van der Waals surface area contributed by atoms with Gasteiger partial charge in [-0.1, -0.05) is 48.0 Å². The van der Waals surface area contributed by atoms with Crippen molar-refractivity contribution >= 4 is 37.3 Å². The monoisotopic (exact) mass is 541 g/mol. The van der Waals surface area contributed by atoms with Crippen LogP contribution in [0.15, 0.2) is 77.7 Å². The molecule has 37 heavy (non-hydrogen) atoms. The van der Waals surface area contributed by atoms with Gasteiger partial charge in [-0.25, -0.2) is 21.1 Å². The summed E-state index contributed by atoms with van der Waals surface area (Å²) < 4.78 is 55.2. The summed E-state index contributed by atoms with van der Waals surface area (Å²) >= 11 is 0. The summed E-state index contributed by atoms with van der Waals surface area (Å²) in [7, 11) is -7.24. The molecule has 1 aliphatic heterocycles. The van der Waals surface area contributed by atoms with Gasteiger partial charge in [-0.2, -0.15) is 0 Å². The Kier molecular flexibility index (Phi) is 8.01. The quantitative estimate of drug-likeness (QED) is 0.442. The third kappa shape index (κ3) is 6.76. The molecule has 0 unspecified atom stereocenters. The number of nitrogens with zero attached hydrogens (tertiary/aromatic N) is 1. The normalized spacial score (nSPS) is 15.3. The molecule has 1 fully saturated rings. The minimum atomic E-state index is -3.77. The van der Waals surface area contributed by atoms with Gasteiger partial charge in [0.2, 0.25) is 15.9 Å². The maximum Gasteiger partial charge on any atom is 0.261 e. The van der Waals surface area contributed by atoms with Gasteiger partial charge in [0.25, 0.3) is 10.0 Å². The minimum Gasteiger partial charge on any atom is -0.326 e. The Hall–Kier alpha value is -3.21. The second-order valence-corrected chi connectivity index (χ2v) is 13.0. The SMILES string of the molecule is Cc1cccc(CS(=O)(=O)N2CCC(C(=O)Nc3ccc(S(=O)(=O)Nc4ccccc4C)cc3)CC2)c1. The van der Waals surface area contributed by atoms with Crippen molar-refractivity contribution in [2.45, 2.75) is 37.3 Å². The van der Waals surface area contributed by atoms with Gasteiger partial charge in [0.15, 0.2) is 0 Å². The number of carbonyl (C=O) groups excluding carboxylic acids is 1. The molecule has 0 aromatic heterocycles. The van der Waals surface area contributed by atoms with Crippen LogP contribution in [0.4, 0.5) is 11.4 Å². The van der Waals surface area contributed by atoms with Gasteiger partial charge in [0.1, 0.15) is 0 Å². The number of benzene rings is 3. The summed E-state index contributed by atoms with van der Waals surface area (Å²) in [5.74, 6) is -0.583.